The second kappa shape index (κ2) is 9.36. The second-order valence-electron chi connectivity index (χ2n) is 7.76. The van der Waals surface area contributed by atoms with Gasteiger partial charge in [-0.15, -0.1) is 10.2 Å². The molecule has 8 nitrogen and oxygen atoms in total. The Kier molecular flexibility index (Phi) is 6.52. The molecule has 0 aliphatic carbocycles. The monoisotopic (exact) mass is 475 g/mol. The van der Waals surface area contributed by atoms with Gasteiger partial charge in [0.1, 0.15) is 6.33 Å². The van der Waals surface area contributed by atoms with Crippen LogP contribution in [0.15, 0.2) is 53.7 Å². The number of sulfonamides is 1. The summed E-state index contributed by atoms with van der Waals surface area (Å²) in [6.45, 7) is 2.92. The number of rotatable bonds is 6. The normalized spacial score (nSPS) is 15.5. The van der Waals surface area contributed by atoms with Gasteiger partial charge in [0.25, 0.3) is 0 Å². The number of nitrogens with zero attached hydrogens (tertiary/aromatic N) is 4. The van der Waals surface area contributed by atoms with Crippen LogP contribution in [0.5, 0.6) is 0 Å². The number of benzene rings is 2. The van der Waals surface area contributed by atoms with Crippen molar-refractivity contribution < 1.29 is 22.0 Å². The number of carbonyl (C=O) groups excluding carboxylic acids is 1. The Bertz CT molecular complexity index is 1270. The fourth-order valence-electron chi connectivity index (χ4n) is 3.84. The van der Waals surface area contributed by atoms with Crippen molar-refractivity contribution in [3.63, 3.8) is 0 Å². The van der Waals surface area contributed by atoms with E-state index >= 15 is 0 Å². The highest BCUT2D eigenvalue weighted by atomic mass is 32.2. The number of carbonyl (C=O) groups is 1. The van der Waals surface area contributed by atoms with Crippen LogP contribution in [0.25, 0.3) is 11.4 Å². The molecule has 0 atom stereocenters. The Morgan fingerprint density at radius 1 is 1.12 bits per heavy atom. The van der Waals surface area contributed by atoms with Crippen LogP contribution >= 0.6 is 0 Å². The third-order valence-corrected chi connectivity index (χ3v) is 7.59. The van der Waals surface area contributed by atoms with Gasteiger partial charge in [0.2, 0.25) is 15.9 Å². The molecule has 4 rings (SSSR count). The maximum Gasteiger partial charge on any atom is 0.243 e. The molecular formula is C22H23F2N5O3S. The lowest BCUT2D eigenvalue weighted by Gasteiger charge is -2.30. The summed E-state index contributed by atoms with van der Waals surface area (Å²) in [6.07, 6.45) is 2.28. The topological polar surface area (TPSA) is 97.2 Å². The van der Waals surface area contributed by atoms with Gasteiger partial charge in [-0.2, -0.15) is 4.31 Å². The lowest BCUT2D eigenvalue weighted by atomic mass is 9.97. The highest BCUT2D eigenvalue weighted by Crippen LogP contribution is 2.27. The number of hydrogen-bond donors (Lipinski definition) is 1. The van der Waals surface area contributed by atoms with Crippen LogP contribution in [0, 0.1) is 17.6 Å². The summed E-state index contributed by atoms with van der Waals surface area (Å²) < 4.78 is 55.2. The van der Waals surface area contributed by atoms with E-state index in [-0.39, 0.29) is 29.8 Å². The quantitative estimate of drug-likeness (QED) is 0.590. The molecule has 1 aromatic heterocycles. The number of aromatic nitrogens is 3. The van der Waals surface area contributed by atoms with E-state index in [1.165, 1.54) is 4.31 Å². The molecule has 1 N–H and O–H groups in total. The Balaban J connectivity index is 1.40. The summed E-state index contributed by atoms with van der Waals surface area (Å²) in [5.41, 5.74) is 1.43. The summed E-state index contributed by atoms with van der Waals surface area (Å²) in [7, 11) is -3.97. The zero-order chi connectivity index (χ0) is 23.6. The van der Waals surface area contributed by atoms with Gasteiger partial charge in [-0.05, 0) is 50.1 Å². The molecule has 1 saturated heterocycles. The first-order chi connectivity index (χ1) is 15.8. The summed E-state index contributed by atoms with van der Waals surface area (Å²) in [5, 5.41) is 10.9. The van der Waals surface area contributed by atoms with Gasteiger partial charge in [-0.1, -0.05) is 12.1 Å². The van der Waals surface area contributed by atoms with Crippen LogP contribution in [-0.4, -0.2) is 46.5 Å². The molecular weight excluding hydrogens is 452 g/mol. The first-order valence-electron chi connectivity index (χ1n) is 10.5. The Hall–Kier alpha value is -3.18. The minimum absolute atomic E-state index is 0.110. The van der Waals surface area contributed by atoms with Gasteiger partial charge in [0, 0.05) is 36.8 Å². The van der Waals surface area contributed by atoms with Crippen molar-refractivity contribution >= 4 is 21.6 Å². The Morgan fingerprint density at radius 2 is 1.88 bits per heavy atom. The molecule has 0 bridgehead atoms. The Morgan fingerprint density at radius 3 is 2.58 bits per heavy atom. The van der Waals surface area contributed by atoms with Crippen molar-refractivity contribution in [3.05, 3.63) is 60.4 Å². The zero-order valence-electron chi connectivity index (χ0n) is 17.9. The second-order valence-corrected chi connectivity index (χ2v) is 9.70. The van der Waals surface area contributed by atoms with Crippen molar-refractivity contribution in [2.45, 2.75) is 31.2 Å². The van der Waals surface area contributed by atoms with E-state index in [0.717, 1.165) is 17.7 Å². The van der Waals surface area contributed by atoms with E-state index in [1.807, 2.05) is 29.7 Å². The van der Waals surface area contributed by atoms with Gasteiger partial charge in [-0.3, -0.25) is 4.79 Å². The van der Waals surface area contributed by atoms with Gasteiger partial charge < -0.3 is 9.88 Å². The van der Waals surface area contributed by atoms with E-state index in [2.05, 4.69) is 15.5 Å². The number of piperidine rings is 1. The molecule has 1 amide bonds. The number of halogens is 2. The first-order valence-corrected chi connectivity index (χ1v) is 12.0. The van der Waals surface area contributed by atoms with Crippen molar-refractivity contribution in [2.24, 2.45) is 5.92 Å². The number of anilines is 1. The van der Waals surface area contributed by atoms with Crippen molar-refractivity contribution in [3.8, 4) is 11.4 Å². The number of aryl methyl sites for hydroxylation is 1. The molecule has 1 fully saturated rings. The number of amides is 1. The van der Waals surface area contributed by atoms with Crippen molar-refractivity contribution in [2.75, 3.05) is 18.4 Å². The van der Waals surface area contributed by atoms with E-state index in [1.54, 1.807) is 12.4 Å². The summed E-state index contributed by atoms with van der Waals surface area (Å²) >= 11 is 0. The van der Waals surface area contributed by atoms with Gasteiger partial charge >= 0.3 is 0 Å². The average Bonchev–Trinajstić information content (AvgIpc) is 3.30. The lowest BCUT2D eigenvalue weighted by molar-refractivity contribution is -0.120. The maximum atomic E-state index is 13.5. The van der Waals surface area contributed by atoms with Crippen LogP contribution in [0.2, 0.25) is 0 Å². The smallest absolute Gasteiger partial charge is 0.243 e. The lowest BCUT2D eigenvalue weighted by Crippen LogP contribution is -2.41. The molecule has 174 valence electrons. The first kappa shape index (κ1) is 23.0. The molecule has 3 aromatic rings. The molecule has 0 saturated carbocycles. The molecule has 2 heterocycles. The van der Waals surface area contributed by atoms with Crippen LogP contribution in [-0.2, 0) is 21.4 Å². The maximum absolute atomic E-state index is 13.5. The standard InChI is InChI=1S/C22H23F2N5O3S/c1-2-28-14-25-27-21(28)16-4-3-5-17(12-16)26-22(30)15-8-10-29(11-9-15)33(31,32)18-6-7-19(23)20(24)13-18/h3-7,12-15H,2,8-11H2,1H3,(H,26,30). The summed E-state index contributed by atoms with van der Waals surface area (Å²) in [5.74, 6) is -2.20. The van der Waals surface area contributed by atoms with Crippen molar-refractivity contribution in [1.29, 1.82) is 0 Å². The fourth-order valence-corrected chi connectivity index (χ4v) is 5.32. The number of hydrogen-bond acceptors (Lipinski definition) is 5. The Labute approximate surface area is 190 Å². The predicted molar refractivity (Wildman–Crippen MR) is 118 cm³/mol. The third kappa shape index (κ3) is 4.79. The highest BCUT2D eigenvalue weighted by molar-refractivity contribution is 7.89. The molecule has 0 unspecified atom stereocenters. The largest absolute Gasteiger partial charge is 0.326 e. The number of nitrogens with one attached hydrogen (secondary N) is 1. The molecule has 2 aromatic carbocycles. The zero-order valence-corrected chi connectivity index (χ0v) is 18.7. The highest BCUT2D eigenvalue weighted by Gasteiger charge is 2.32. The van der Waals surface area contributed by atoms with Gasteiger partial charge in [0.15, 0.2) is 17.5 Å². The van der Waals surface area contributed by atoms with E-state index in [9.17, 15) is 22.0 Å². The fraction of sp³-hybridized carbons (Fsp3) is 0.318. The molecule has 33 heavy (non-hydrogen) atoms. The van der Waals surface area contributed by atoms with E-state index in [0.29, 0.717) is 37.0 Å². The SMILES string of the molecule is CCn1cnnc1-c1cccc(NC(=O)C2CCN(S(=O)(=O)c3ccc(F)c(F)c3)CC2)c1. The molecule has 1 aliphatic rings. The van der Waals surface area contributed by atoms with Crippen molar-refractivity contribution in [1.82, 2.24) is 19.1 Å². The van der Waals surface area contributed by atoms with Gasteiger partial charge in [-0.25, -0.2) is 17.2 Å². The molecule has 11 heteroatoms. The summed E-state index contributed by atoms with van der Waals surface area (Å²) in [6, 6.07) is 9.80. The average molecular weight is 476 g/mol. The van der Waals surface area contributed by atoms with Crippen LogP contribution in [0.4, 0.5) is 14.5 Å². The van der Waals surface area contributed by atoms with Crippen LogP contribution < -0.4 is 5.32 Å². The van der Waals surface area contributed by atoms with Crippen LogP contribution in [0.1, 0.15) is 19.8 Å². The predicted octanol–water partition coefficient (Wildman–Crippen LogP) is 3.28. The molecule has 0 spiro atoms. The summed E-state index contributed by atoms with van der Waals surface area (Å²) in [4.78, 5) is 12.5. The van der Waals surface area contributed by atoms with E-state index < -0.39 is 21.7 Å². The van der Waals surface area contributed by atoms with Crippen LogP contribution in [0.3, 0.4) is 0 Å². The van der Waals surface area contributed by atoms with Gasteiger partial charge in [0.05, 0.1) is 4.90 Å². The minimum atomic E-state index is -3.97. The molecule has 0 radical (unpaired) electrons. The minimum Gasteiger partial charge on any atom is -0.326 e. The molecule has 1 aliphatic heterocycles. The third-order valence-electron chi connectivity index (χ3n) is 5.70. The van der Waals surface area contributed by atoms with E-state index in [4.69, 9.17) is 0 Å².